The fourth-order valence-electron chi connectivity index (χ4n) is 1.19. The van der Waals surface area contributed by atoms with Gasteiger partial charge in [0.05, 0.1) is 16.0 Å². The fourth-order valence-corrected chi connectivity index (χ4v) is 3.69. The fraction of sp³-hybridized carbons (Fsp3) is 0.111. The van der Waals surface area contributed by atoms with Gasteiger partial charge in [0.25, 0.3) is 0 Å². The third-order valence-electron chi connectivity index (χ3n) is 2.05. The van der Waals surface area contributed by atoms with Crippen molar-refractivity contribution in [2.45, 2.75) is 6.37 Å². The molecule has 0 aromatic heterocycles. The average Bonchev–Trinajstić information content (AvgIpc) is 2.26. The van der Waals surface area contributed by atoms with Crippen molar-refractivity contribution in [3.05, 3.63) is 29.3 Å². The van der Waals surface area contributed by atoms with E-state index >= 15 is 0 Å². The molecule has 1 aromatic rings. The predicted octanol–water partition coefficient (Wildman–Crippen LogP) is 2.65. The zero-order valence-corrected chi connectivity index (χ0v) is 14.4. The Bertz CT molecular complexity index is 646. The summed E-state index contributed by atoms with van der Waals surface area (Å²) in [6, 6.07) is 2.73. The van der Waals surface area contributed by atoms with E-state index in [1.165, 1.54) is 0 Å². The highest BCUT2D eigenvalue weighted by molar-refractivity contribution is 9.42. The van der Waals surface area contributed by atoms with E-state index in [9.17, 15) is 18.0 Å². The highest BCUT2D eigenvalue weighted by Crippen LogP contribution is 2.44. The SMILES string of the molecule is O=C(O)c1ccc(S(=O)(=O)C(Br)(Br)Br)c(C(=O)O)c1. The molecule has 6 nitrogen and oxygen atoms in total. The summed E-state index contributed by atoms with van der Waals surface area (Å²) in [6.45, 7) is 0. The monoisotopic (exact) mass is 478 g/mol. The van der Waals surface area contributed by atoms with Crippen LogP contribution in [0.5, 0.6) is 0 Å². The van der Waals surface area contributed by atoms with E-state index in [1.807, 2.05) is 0 Å². The molecule has 0 radical (unpaired) electrons. The first-order chi connectivity index (χ1) is 8.48. The summed E-state index contributed by atoms with van der Waals surface area (Å²) in [6.07, 6.45) is 0. The summed E-state index contributed by atoms with van der Waals surface area (Å²) in [7, 11) is -4.12. The summed E-state index contributed by atoms with van der Waals surface area (Å²) in [4.78, 5) is 21.3. The van der Waals surface area contributed by atoms with E-state index in [0.717, 1.165) is 18.2 Å². The first-order valence-corrected chi connectivity index (χ1v) is 8.26. The smallest absolute Gasteiger partial charge is 0.337 e. The molecule has 0 amide bonds. The first kappa shape index (κ1) is 16.6. The van der Waals surface area contributed by atoms with Crippen molar-refractivity contribution in [1.82, 2.24) is 0 Å². The van der Waals surface area contributed by atoms with Crippen LogP contribution in [0.25, 0.3) is 0 Å². The maximum absolute atomic E-state index is 12.1. The van der Waals surface area contributed by atoms with Crippen molar-refractivity contribution in [2.24, 2.45) is 0 Å². The Balaban J connectivity index is 3.63. The summed E-state index contributed by atoms with van der Waals surface area (Å²) in [5, 5.41) is 17.8. The molecule has 19 heavy (non-hydrogen) atoms. The van der Waals surface area contributed by atoms with Crippen LogP contribution in [0.4, 0.5) is 0 Å². The number of halogens is 3. The van der Waals surface area contributed by atoms with Crippen molar-refractivity contribution < 1.29 is 28.2 Å². The van der Waals surface area contributed by atoms with Gasteiger partial charge < -0.3 is 10.2 Å². The third kappa shape index (κ3) is 3.36. The molecule has 0 bridgehead atoms. The lowest BCUT2D eigenvalue weighted by Crippen LogP contribution is -2.21. The zero-order valence-electron chi connectivity index (χ0n) is 8.80. The molecule has 10 heteroatoms. The van der Waals surface area contributed by atoms with Crippen molar-refractivity contribution in [1.29, 1.82) is 0 Å². The quantitative estimate of drug-likeness (QED) is 0.644. The Morgan fingerprint density at radius 1 is 1.05 bits per heavy atom. The van der Waals surface area contributed by atoms with E-state index in [1.54, 1.807) is 0 Å². The van der Waals surface area contributed by atoms with Gasteiger partial charge in [0.15, 0.2) is 0 Å². The molecule has 0 saturated heterocycles. The predicted molar refractivity (Wildman–Crippen MR) is 77.1 cm³/mol. The molecular weight excluding hydrogens is 476 g/mol. The van der Waals surface area contributed by atoms with Crippen LogP contribution in [0.3, 0.4) is 0 Å². The first-order valence-electron chi connectivity index (χ1n) is 4.40. The Morgan fingerprint density at radius 3 is 1.95 bits per heavy atom. The van der Waals surface area contributed by atoms with Crippen LogP contribution in [0.2, 0.25) is 0 Å². The number of sulfone groups is 1. The molecule has 0 heterocycles. The molecule has 0 fully saturated rings. The number of carbonyl (C=O) groups is 2. The van der Waals surface area contributed by atoms with Crippen LogP contribution in [0.15, 0.2) is 23.1 Å². The maximum Gasteiger partial charge on any atom is 0.337 e. The van der Waals surface area contributed by atoms with Crippen molar-refractivity contribution in [2.75, 3.05) is 0 Å². The van der Waals surface area contributed by atoms with Crippen LogP contribution in [0, 0.1) is 0 Å². The lowest BCUT2D eigenvalue weighted by molar-refractivity contribution is 0.0692. The summed E-state index contributed by atoms with van der Waals surface area (Å²) in [5.41, 5.74) is -0.941. The third-order valence-corrected chi connectivity index (χ3v) is 7.43. The largest absolute Gasteiger partial charge is 0.478 e. The summed E-state index contributed by atoms with van der Waals surface area (Å²) < 4.78 is 22.5. The molecule has 2 N–H and O–H groups in total. The van der Waals surface area contributed by atoms with Crippen molar-refractivity contribution >= 4 is 69.6 Å². The summed E-state index contributed by atoms with van der Waals surface area (Å²) >= 11 is 8.41. The molecule has 0 saturated carbocycles. The molecular formula is C9H5Br3O6S. The maximum atomic E-state index is 12.1. The Labute approximate surface area is 133 Å². The van der Waals surface area contributed by atoms with Crippen LogP contribution in [0.1, 0.15) is 20.7 Å². The Hall–Kier alpha value is -0.450. The summed E-state index contributed by atoms with van der Waals surface area (Å²) in [5.74, 6) is -2.90. The van der Waals surface area contributed by atoms with E-state index in [2.05, 4.69) is 47.8 Å². The zero-order chi connectivity index (χ0) is 15.0. The van der Waals surface area contributed by atoms with Gasteiger partial charge in [0, 0.05) is 0 Å². The Morgan fingerprint density at radius 2 is 1.58 bits per heavy atom. The molecule has 104 valence electrons. The topological polar surface area (TPSA) is 109 Å². The number of alkyl halides is 3. The number of benzene rings is 1. The van der Waals surface area contributed by atoms with E-state index in [0.29, 0.717) is 0 Å². The average molecular weight is 481 g/mol. The minimum absolute atomic E-state index is 0.319. The molecule has 0 unspecified atom stereocenters. The van der Waals surface area contributed by atoms with Gasteiger partial charge >= 0.3 is 11.9 Å². The second kappa shape index (κ2) is 5.51. The van der Waals surface area contributed by atoms with Gasteiger partial charge in [-0.2, -0.15) is 0 Å². The molecule has 1 rings (SSSR count). The van der Waals surface area contributed by atoms with Gasteiger partial charge in [-0.1, -0.05) is 0 Å². The molecule has 0 aliphatic rings. The molecule has 1 aromatic carbocycles. The van der Waals surface area contributed by atoms with Gasteiger partial charge in [-0.25, -0.2) is 18.0 Å². The van der Waals surface area contributed by atoms with Gasteiger partial charge in [-0.05, 0) is 66.0 Å². The normalized spacial score (nSPS) is 12.2. The molecule has 0 aliphatic heterocycles. The minimum atomic E-state index is -4.12. The highest BCUT2D eigenvalue weighted by Gasteiger charge is 2.40. The number of carboxylic acids is 2. The van der Waals surface area contributed by atoms with Crippen LogP contribution >= 0.6 is 47.8 Å². The Kier molecular flexibility index (Phi) is 4.81. The van der Waals surface area contributed by atoms with Crippen molar-refractivity contribution in [3.63, 3.8) is 0 Å². The minimum Gasteiger partial charge on any atom is -0.478 e. The number of aromatic carboxylic acids is 2. The lowest BCUT2D eigenvalue weighted by Gasteiger charge is -2.15. The van der Waals surface area contributed by atoms with E-state index in [-0.39, 0.29) is 5.56 Å². The number of hydrogen-bond acceptors (Lipinski definition) is 4. The second-order valence-electron chi connectivity index (χ2n) is 3.27. The van der Waals surface area contributed by atoms with Crippen LogP contribution in [-0.2, 0) is 9.84 Å². The van der Waals surface area contributed by atoms with Crippen LogP contribution in [-0.4, -0.2) is 32.0 Å². The molecule has 0 atom stereocenters. The molecule has 0 aliphatic carbocycles. The number of hydrogen-bond donors (Lipinski definition) is 2. The lowest BCUT2D eigenvalue weighted by atomic mass is 10.1. The van der Waals surface area contributed by atoms with Gasteiger partial charge in [-0.3, -0.25) is 0 Å². The van der Waals surface area contributed by atoms with Crippen LogP contribution < -0.4 is 0 Å². The highest BCUT2D eigenvalue weighted by atomic mass is 80.0. The van der Waals surface area contributed by atoms with E-state index in [4.69, 9.17) is 10.2 Å². The van der Waals surface area contributed by atoms with Gasteiger partial charge in [0.1, 0.15) is 0 Å². The standard InChI is InChI=1S/C9H5Br3O6S/c10-9(11,12)19(17,18)6-2-1-4(7(13)14)3-5(6)8(15)16/h1-3H,(H,13,14)(H,15,16). The second-order valence-corrected chi connectivity index (χ2v) is 13.7. The number of carboxylic acid groups (broad SMARTS) is 2. The molecule has 0 spiro atoms. The van der Waals surface area contributed by atoms with Gasteiger partial charge in [-0.15, -0.1) is 0 Å². The number of rotatable bonds is 3. The van der Waals surface area contributed by atoms with E-state index < -0.39 is 33.7 Å². The van der Waals surface area contributed by atoms with Gasteiger partial charge in [0.2, 0.25) is 11.3 Å². The van der Waals surface area contributed by atoms with Crippen molar-refractivity contribution in [3.8, 4) is 0 Å².